The Morgan fingerprint density at radius 3 is 2.79 bits per heavy atom. The third kappa shape index (κ3) is 3.57. The van der Waals surface area contributed by atoms with Crippen LogP contribution < -0.4 is 10.6 Å². The molecule has 3 fully saturated rings. The molecule has 4 atom stereocenters. The fraction of sp³-hybridized carbons (Fsp3) is 0.941. The highest BCUT2D eigenvalue weighted by atomic mass is 32.2. The number of hydrogen-bond donors (Lipinski definition) is 2. The fourth-order valence-corrected chi connectivity index (χ4v) is 6.37. The maximum Gasteiger partial charge on any atom is 0.191 e. The van der Waals surface area contributed by atoms with Gasteiger partial charge in [0.15, 0.2) is 15.8 Å². The number of nitrogens with one attached hydrogen (secondary N) is 2. The van der Waals surface area contributed by atoms with Crippen LogP contribution in [0.25, 0.3) is 0 Å². The Balaban J connectivity index is 1.62. The first-order chi connectivity index (χ1) is 11.3. The SMILES string of the molecule is CCNC(=NCC1CCS(=O)(=O)C1)NC1C2CCCOC2C1(C)C. The Labute approximate surface area is 145 Å². The number of guanidine groups is 1. The summed E-state index contributed by atoms with van der Waals surface area (Å²) in [4.78, 5) is 4.68. The molecule has 2 heterocycles. The number of sulfone groups is 1. The highest BCUT2D eigenvalue weighted by molar-refractivity contribution is 7.91. The van der Waals surface area contributed by atoms with E-state index in [9.17, 15) is 8.42 Å². The molecule has 6 nitrogen and oxygen atoms in total. The summed E-state index contributed by atoms with van der Waals surface area (Å²) in [7, 11) is -2.83. The van der Waals surface area contributed by atoms with E-state index >= 15 is 0 Å². The van der Waals surface area contributed by atoms with Crippen LogP contribution in [0, 0.1) is 17.3 Å². The van der Waals surface area contributed by atoms with Gasteiger partial charge in [0.1, 0.15) is 0 Å². The summed E-state index contributed by atoms with van der Waals surface area (Å²) in [6.45, 7) is 8.81. The van der Waals surface area contributed by atoms with Gasteiger partial charge in [0.05, 0.1) is 17.6 Å². The van der Waals surface area contributed by atoms with Crippen LogP contribution in [0.4, 0.5) is 0 Å². The lowest BCUT2D eigenvalue weighted by molar-refractivity contribution is -0.188. The van der Waals surface area contributed by atoms with Gasteiger partial charge in [0.25, 0.3) is 0 Å². The zero-order chi connectivity index (χ0) is 17.4. The van der Waals surface area contributed by atoms with Crippen molar-refractivity contribution < 1.29 is 13.2 Å². The second-order valence-electron chi connectivity index (χ2n) is 8.03. The molecule has 0 aromatic carbocycles. The molecule has 1 saturated carbocycles. The van der Waals surface area contributed by atoms with Crippen LogP contribution >= 0.6 is 0 Å². The van der Waals surface area contributed by atoms with Crippen LogP contribution in [0.3, 0.4) is 0 Å². The Morgan fingerprint density at radius 1 is 1.33 bits per heavy atom. The summed E-state index contributed by atoms with van der Waals surface area (Å²) in [5.74, 6) is 2.11. The molecule has 2 aliphatic heterocycles. The second-order valence-corrected chi connectivity index (χ2v) is 10.3. The first-order valence-corrected chi connectivity index (χ1v) is 11.0. The van der Waals surface area contributed by atoms with Gasteiger partial charge in [-0.05, 0) is 32.1 Å². The molecule has 24 heavy (non-hydrogen) atoms. The van der Waals surface area contributed by atoms with E-state index in [1.165, 1.54) is 6.42 Å². The minimum atomic E-state index is -2.83. The van der Waals surface area contributed by atoms with Crippen LogP contribution in [-0.4, -0.2) is 57.7 Å². The van der Waals surface area contributed by atoms with Gasteiger partial charge >= 0.3 is 0 Å². The molecule has 2 N–H and O–H groups in total. The van der Waals surface area contributed by atoms with E-state index in [2.05, 4.69) is 36.4 Å². The third-order valence-electron chi connectivity index (χ3n) is 5.80. The van der Waals surface area contributed by atoms with Crippen molar-refractivity contribution >= 4 is 15.8 Å². The van der Waals surface area contributed by atoms with Crippen molar-refractivity contribution in [3.63, 3.8) is 0 Å². The average molecular weight is 358 g/mol. The summed E-state index contributed by atoms with van der Waals surface area (Å²) in [6.07, 6.45) is 3.40. The largest absolute Gasteiger partial charge is 0.377 e. The van der Waals surface area contributed by atoms with E-state index in [1.54, 1.807) is 0 Å². The molecule has 1 aliphatic carbocycles. The molecule has 2 saturated heterocycles. The molecular weight excluding hydrogens is 326 g/mol. The van der Waals surface area contributed by atoms with Crippen molar-refractivity contribution in [1.29, 1.82) is 0 Å². The number of nitrogens with zero attached hydrogens (tertiary/aromatic N) is 1. The number of hydrogen-bond acceptors (Lipinski definition) is 4. The average Bonchev–Trinajstić information content (AvgIpc) is 2.89. The summed E-state index contributed by atoms with van der Waals surface area (Å²) in [5, 5.41) is 6.91. The van der Waals surface area contributed by atoms with Crippen molar-refractivity contribution in [2.75, 3.05) is 31.2 Å². The van der Waals surface area contributed by atoms with Gasteiger partial charge in [-0.1, -0.05) is 13.8 Å². The maximum atomic E-state index is 11.6. The minimum Gasteiger partial charge on any atom is -0.377 e. The van der Waals surface area contributed by atoms with E-state index < -0.39 is 9.84 Å². The quantitative estimate of drug-likeness (QED) is 0.583. The predicted molar refractivity (Wildman–Crippen MR) is 95.9 cm³/mol. The van der Waals surface area contributed by atoms with Gasteiger partial charge in [-0.3, -0.25) is 4.99 Å². The van der Waals surface area contributed by atoms with Crippen LogP contribution in [0.15, 0.2) is 4.99 Å². The smallest absolute Gasteiger partial charge is 0.191 e. The summed E-state index contributed by atoms with van der Waals surface area (Å²) in [5.41, 5.74) is 0.0952. The maximum absolute atomic E-state index is 11.6. The van der Waals surface area contributed by atoms with Crippen LogP contribution in [0.2, 0.25) is 0 Å². The van der Waals surface area contributed by atoms with E-state index in [0.29, 0.717) is 30.4 Å². The molecule has 4 unspecified atom stereocenters. The van der Waals surface area contributed by atoms with Gasteiger partial charge < -0.3 is 15.4 Å². The van der Waals surface area contributed by atoms with Gasteiger partial charge in [0, 0.05) is 37.1 Å². The molecule has 3 rings (SSSR count). The van der Waals surface area contributed by atoms with Crippen molar-refractivity contribution in [3.05, 3.63) is 0 Å². The van der Waals surface area contributed by atoms with Crippen molar-refractivity contribution in [2.45, 2.75) is 52.2 Å². The van der Waals surface area contributed by atoms with Gasteiger partial charge in [-0.15, -0.1) is 0 Å². The first kappa shape index (κ1) is 18.0. The lowest BCUT2D eigenvalue weighted by Gasteiger charge is -2.60. The number of ether oxygens (including phenoxy) is 1. The van der Waals surface area contributed by atoms with Crippen molar-refractivity contribution in [1.82, 2.24) is 10.6 Å². The highest BCUT2D eigenvalue weighted by Crippen LogP contribution is 2.51. The van der Waals surface area contributed by atoms with Crippen LogP contribution in [0.5, 0.6) is 0 Å². The van der Waals surface area contributed by atoms with Gasteiger partial charge in [-0.2, -0.15) is 0 Å². The molecule has 7 heteroatoms. The molecule has 0 radical (unpaired) electrons. The van der Waals surface area contributed by atoms with E-state index in [1.807, 2.05) is 0 Å². The predicted octanol–water partition coefficient (Wildman–Crippen LogP) is 1.18. The molecule has 0 bridgehead atoms. The van der Waals surface area contributed by atoms with Crippen LogP contribution in [-0.2, 0) is 14.6 Å². The first-order valence-electron chi connectivity index (χ1n) is 9.20. The van der Waals surface area contributed by atoms with E-state index in [-0.39, 0.29) is 17.1 Å². The normalized spacial score (nSPS) is 37.4. The summed E-state index contributed by atoms with van der Waals surface area (Å²) >= 11 is 0. The molecule has 3 aliphatic rings. The molecule has 0 amide bonds. The monoisotopic (exact) mass is 357 g/mol. The Hall–Kier alpha value is -0.820. The van der Waals surface area contributed by atoms with E-state index in [4.69, 9.17) is 4.74 Å². The molecular formula is C17H31N3O3S. The number of fused-ring (bicyclic) bond motifs is 1. The Bertz CT molecular complexity index is 588. The third-order valence-corrected chi connectivity index (χ3v) is 7.64. The molecule has 138 valence electrons. The Kier molecular flexibility index (Phi) is 5.12. The summed E-state index contributed by atoms with van der Waals surface area (Å²) < 4.78 is 29.1. The molecule has 0 spiro atoms. The van der Waals surface area contributed by atoms with Crippen LogP contribution in [0.1, 0.15) is 40.0 Å². The zero-order valence-corrected chi connectivity index (χ0v) is 15.9. The van der Waals surface area contributed by atoms with Crippen molar-refractivity contribution in [3.8, 4) is 0 Å². The summed E-state index contributed by atoms with van der Waals surface area (Å²) in [6, 6.07) is 0.355. The van der Waals surface area contributed by atoms with Crippen molar-refractivity contribution in [2.24, 2.45) is 22.2 Å². The highest BCUT2D eigenvalue weighted by Gasteiger charge is 2.58. The minimum absolute atomic E-state index is 0.0952. The lowest BCUT2D eigenvalue weighted by Crippen LogP contribution is -2.71. The second kappa shape index (κ2) is 6.83. The molecule has 0 aromatic heterocycles. The fourth-order valence-electron chi connectivity index (χ4n) is 4.52. The topological polar surface area (TPSA) is 79.8 Å². The molecule has 0 aromatic rings. The number of aliphatic imine (C=N–C) groups is 1. The van der Waals surface area contributed by atoms with E-state index in [0.717, 1.165) is 32.0 Å². The standard InChI is InChI=1S/C17H31N3O3S/c1-4-18-16(19-10-12-7-9-24(21,22)11-12)20-14-13-6-5-8-23-15(13)17(14,2)3/h12-15H,4-11H2,1-3H3,(H2,18,19,20). The zero-order valence-electron chi connectivity index (χ0n) is 15.0. The van der Waals surface area contributed by atoms with Gasteiger partial charge in [-0.25, -0.2) is 8.42 Å². The Morgan fingerprint density at radius 2 is 2.12 bits per heavy atom. The lowest BCUT2D eigenvalue weighted by atomic mass is 9.55. The van der Waals surface area contributed by atoms with Gasteiger partial charge in [0.2, 0.25) is 0 Å². The number of rotatable bonds is 4.